The highest BCUT2D eigenvalue weighted by atomic mass is 32.1. The van der Waals surface area contributed by atoms with E-state index in [1.165, 1.54) is 11.3 Å². The lowest BCUT2D eigenvalue weighted by Gasteiger charge is -2.26. The number of aliphatic hydroxyl groups excluding tert-OH is 1. The number of ether oxygens (including phenoxy) is 1. The summed E-state index contributed by atoms with van der Waals surface area (Å²) in [6.07, 6.45) is 3.64. The standard InChI is InChI=1S/C28H33N5O4S/c1-16-5-4-6-19(11-16)22(15-34)31-26(35)18(3)33-14-24-21(27(33)36)12-23(38-24)25-17(2)13-29-28(32-25)30-20-7-9-37-10-8-20/h4-6,11-13,18,20,22,34H,7-10,14-15H2,1-3H3,(H,31,35)(H,29,30,32)/t18-,22?/m1/s1. The van der Waals surface area contributed by atoms with Crippen molar-refractivity contribution in [2.75, 3.05) is 25.1 Å². The van der Waals surface area contributed by atoms with E-state index < -0.39 is 12.1 Å². The molecule has 1 saturated heterocycles. The molecule has 10 heteroatoms. The van der Waals surface area contributed by atoms with Crippen molar-refractivity contribution >= 4 is 29.1 Å². The maximum atomic E-state index is 13.3. The monoisotopic (exact) mass is 535 g/mol. The molecule has 0 spiro atoms. The van der Waals surface area contributed by atoms with Crippen LogP contribution in [0.5, 0.6) is 0 Å². The number of anilines is 1. The van der Waals surface area contributed by atoms with Crippen molar-refractivity contribution in [3.05, 3.63) is 63.7 Å². The lowest BCUT2D eigenvalue weighted by molar-refractivity contribution is -0.126. The molecule has 200 valence electrons. The zero-order valence-electron chi connectivity index (χ0n) is 21.9. The van der Waals surface area contributed by atoms with Crippen LogP contribution in [0.15, 0.2) is 36.5 Å². The van der Waals surface area contributed by atoms with Gasteiger partial charge in [-0.15, -0.1) is 11.3 Å². The van der Waals surface area contributed by atoms with Crippen molar-refractivity contribution in [2.45, 2.75) is 58.3 Å². The molecule has 0 aliphatic carbocycles. The molecule has 3 N–H and O–H groups in total. The van der Waals surface area contributed by atoms with Gasteiger partial charge < -0.3 is 25.4 Å². The van der Waals surface area contributed by atoms with Gasteiger partial charge in [-0.3, -0.25) is 9.59 Å². The lowest BCUT2D eigenvalue weighted by atomic mass is 10.0. The highest BCUT2D eigenvalue weighted by Gasteiger charge is 2.36. The van der Waals surface area contributed by atoms with Gasteiger partial charge in [0.2, 0.25) is 11.9 Å². The van der Waals surface area contributed by atoms with E-state index in [0.29, 0.717) is 18.1 Å². The summed E-state index contributed by atoms with van der Waals surface area (Å²) in [6.45, 7) is 7.24. The summed E-state index contributed by atoms with van der Waals surface area (Å²) in [7, 11) is 0. The van der Waals surface area contributed by atoms with Gasteiger partial charge >= 0.3 is 0 Å². The largest absolute Gasteiger partial charge is 0.394 e. The van der Waals surface area contributed by atoms with Gasteiger partial charge in [0, 0.05) is 30.3 Å². The first-order valence-electron chi connectivity index (χ1n) is 12.9. The molecule has 0 saturated carbocycles. The Morgan fingerprint density at radius 2 is 2.05 bits per heavy atom. The van der Waals surface area contributed by atoms with Crippen molar-refractivity contribution in [1.82, 2.24) is 20.2 Å². The Morgan fingerprint density at radius 1 is 1.26 bits per heavy atom. The van der Waals surface area contributed by atoms with Gasteiger partial charge in [0.25, 0.3) is 5.91 Å². The Kier molecular flexibility index (Phi) is 7.73. The van der Waals surface area contributed by atoms with Gasteiger partial charge in [-0.25, -0.2) is 9.97 Å². The zero-order chi connectivity index (χ0) is 26.8. The van der Waals surface area contributed by atoms with Crippen molar-refractivity contribution in [2.24, 2.45) is 0 Å². The molecule has 9 nitrogen and oxygen atoms in total. The number of hydrogen-bond donors (Lipinski definition) is 3. The SMILES string of the molecule is Cc1cccc(C(CO)NC(=O)[C@@H](C)N2Cc3sc(-c4nc(NC5CCOCC5)ncc4C)cc3C2=O)c1. The number of rotatable bonds is 8. The molecule has 0 radical (unpaired) electrons. The van der Waals surface area contributed by atoms with E-state index in [9.17, 15) is 14.7 Å². The number of fused-ring (bicyclic) bond motifs is 1. The average Bonchev–Trinajstić information content (AvgIpc) is 3.47. The highest BCUT2D eigenvalue weighted by Crippen LogP contribution is 2.38. The number of carbonyl (C=O) groups excluding carboxylic acids is 2. The number of nitrogens with one attached hydrogen (secondary N) is 2. The minimum absolute atomic E-state index is 0.173. The van der Waals surface area contributed by atoms with Crippen LogP contribution in [0, 0.1) is 13.8 Å². The smallest absolute Gasteiger partial charge is 0.256 e. The van der Waals surface area contributed by atoms with Crippen LogP contribution in [-0.2, 0) is 16.1 Å². The van der Waals surface area contributed by atoms with Gasteiger partial charge in [-0.1, -0.05) is 29.8 Å². The molecule has 2 amide bonds. The maximum Gasteiger partial charge on any atom is 0.256 e. The summed E-state index contributed by atoms with van der Waals surface area (Å²) in [4.78, 5) is 39.0. The van der Waals surface area contributed by atoms with E-state index in [1.807, 2.05) is 44.2 Å². The fourth-order valence-corrected chi connectivity index (χ4v) is 6.08. The van der Waals surface area contributed by atoms with Gasteiger partial charge in [-0.05, 0) is 50.8 Å². The van der Waals surface area contributed by atoms with E-state index in [1.54, 1.807) is 18.0 Å². The van der Waals surface area contributed by atoms with Crippen molar-refractivity contribution in [3.63, 3.8) is 0 Å². The Bertz CT molecular complexity index is 1340. The molecule has 5 rings (SSSR count). The molecule has 2 aliphatic heterocycles. The van der Waals surface area contributed by atoms with Crippen molar-refractivity contribution in [1.29, 1.82) is 0 Å². The molecule has 2 aliphatic rings. The molecule has 3 aromatic rings. The fourth-order valence-electron chi connectivity index (χ4n) is 4.88. The van der Waals surface area contributed by atoms with Crippen molar-refractivity contribution < 1.29 is 19.4 Å². The molecule has 4 heterocycles. The molecule has 0 bridgehead atoms. The number of aromatic nitrogens is 2. The molecular formula is C28H33N5O4S. The van der Waals surface area contributed by atoms with Crippen LogP contribution in [0.1, 0.15) is 57.7 Å². The predicted molar refractivity (Wildman–Crippen MR) is 146 cm³/mol. The minimum atomic E-state index is -0.680. The van der Waals surface area contributed by atoms with Crippen LogP contribution in [0.2, 0.25) is 0 Å². The average molecular weight is 536 g/mol. The van der Waals surface area contributed by atoms with E-state index in [4.69, 9.17) is 9.72 Å². The first kappa shape index (κ1) is 26.3. The second-order valence-electron chi connectivity index (χ2n) is 9.97. The Hall–Kier alpha value is -3.34. The summed E-state index contributed by atoms with van der Waals surface area (Å²) in [6, 6.07) is 8.62. The number of thiophene rings is 1. The third-order valence-electron chi connectivity index (χ3n) is 7.16. The van der Waals surface area contributed by atoms with E-state index >= 15 is 0 Å². The number of carbonyl (C=O) groups is 2. The van der Waals surface area contributed by atoms with Crippen LogP contribution in [0.25, 0.3) is 10.6 Å². The minimum Gasteiger partial charge on any atom is -0.394 e. The lowest BCUT2D eigenvalue weighted by Crippen LogP contribution is -2.46. The molecule has 2 aromatic heterocycles. The zero-order valence-corrected chi connectivity index (χ0v) is 22.7. The number of aryl methyl sites for hydroxylation is 2. The summed E-state index contributed by atoms with van der Waals surface area (Å²) < 4.78 is 5.43. The van der Waals surface area contributed by atoms with E-state index in [2.05, 4.69) is 15.6 Å². The third-order valence-corrected chi connectivity index (χ3v) is 8.29. The van der Waals surface area contributed by atoms with Gasteiger partial charge in [0.05, 0.1) is 35.3 Å². The van der Waals surface area contributed by atoms with Gasteiger partial charge in [0.1, 0.15) is 6.04 Å². The van der Waals surface area contributed by atoms with Gasteiger partial charge in [-0.2, -0.15) is 0 Å². The number of benzene rings is 1. The summed E-state index contributed by atoms with van der Waals surface area (Å²) in [5.41, 5.74) is 4.23. The summed E-state index contributed by atoms with van der Waals surface area (Å²) in [5.74, 6) is 0.106. The Morgan fingerprint density at radius 3 is 2.76 bits per heavy atom. The molecule has 2 atom stereocenters. The van der Waals surface area contributed by atoms with Crippen LogP contribution in [-0.4, -0.2) is 63.7 Å². The fraction of sp³-hybridized carbons (Fsp3) is 0.429. The second-order valence-corrected chi connectivity index (χ2v) is 11.1. The van der Waals surface area contributed by atoms with Crippen LogP contribution >= 0.6 is 11.3 Å². The number of aliphatic hydroxyl groups is 1. The predicted octanol–water partition coefficient (Wildman–Crippen LogP) is 3.61. The van der Waals surface area contributed by atoms with E-state index in [-0.39, 0.29) is 24.5 Å². The molecule has 38 heavy (non-hydrogen) atoms. The maximum absolute atomic E-state index is 13.3. The quantitative estimate of drug-likeness (QED) is 0.404. The number of nitrogens with zero attached hydrogens (tertiary/aromatic N) is 3. The number of hydrogen-bond acceptors (Lipinski definition) is 8. The molecule has 1 aromatic carbocycles. The summed E-state index contributed by atoms with van der Waals surface area (Å²) in [5, 5.41) is 16.2. The topological polar surface area (TPSA) is 117 Å². The normalized spacial score (nSPS) is 17.3. The number of amides is 2. The first-order valence-corrected chi connectivity index (χ1v) is 13.8. The second kappa shape index (κ2) is 11.2. The molecule has 1 unspecified atom stereocenters. The van der Waals surface area contributed by atoms with Crippen LogP contribution < -0.4 is 10.6 Å². The summed E-state index contributed by atoms with van der Waals surface area (Å²) >= 11 is 1.53. The van der Waals surface area contributed by atoms with E-state index in [0.717, 1.165) is 58.2 Å². The highest BCUT2D eigenvalue weighted by molar-refractivity contribution is 7.16. The Labute approximate surface area is 226 Å². The van der Waals surface area contributed by atoms with Crippen molar-refractivity contribution in [3.8, 4) is 10.6 Å². The molecular weight excluding hydrogens is 502 g/mol. The Balaban J connectivity index is 1.28. The van der Waals surface area contributed by atoms with Crippen LogP contribution in [0.3, 0.4) is 0 Å². The van der Waals surface area contributed by atoms with Gasteiger partial charge in [0.15, 0.2) is 0 Å². The third kappa shape index (κ3) is 5.43. The van der Waals surface area contributed by atoms with Crippen LogP contribution in [0.4, 0.5) is 5.95 Å². The first-order chi connectivity index (χ1) is 18.3. The molecule has 1 fully saturated rings.